The Labute approximate surface area is 116 Å². The number of ether oxygens (including phenoxy) is 2. The highest BCUT2D eigenvalue weighted by Crippen LogP contribution is 2.34. The van der Waals surface area contributed by atoms with Crippen LogP contribution in [0, 0.1) is 0 Å². The van der Waals surface area contributed by atoms with Crippen LogP contribution >= 0.6 is 0 Å². The number of anilines is 1. The van der Waals surface area contributed by atoms with Crippen molar-refractivity contribution in [3.63, 3.8) is 0 Å². The topological polar surface area (TPSA) is 57.4 Å². The van der Waals surface area contributed by atoms with Crippen molar-refractivity contribution in [2.45, 2.75) is 0 Å². The summed E-state index contributed by atoms with van der Waals surface area (Å²) in [6, 6.07) is 15.1. The van der Waals surface area contributed by atoms with Crippen LogP contribution in [0.1, 0.15) is 0 Å². The third-order valence-electron chi connectivity index (χ3n) is 3.03. The molecule has 0 aliphatic heterocycles. The standard InChI is InChI=1S/C16H14N2O2/c1-19-15-10-12(17)6-7-14(15)20-16-13-5-3-2-4-11(13)8-9-18-16/h2-10H,17H2,1H3. The first-order valence-electron chi connectivity index (χ1n) is 6.23. The molecule has 3 rings (SSSR count). The van der Waals surface area contributed by atoms with E-state index in [0.29, 0.717) is 23.1 Å². The van der Waals surface area contributed by atoms with E-state index in [2.05, 4.69) is 4.98 Å². The first-order chi connectivity index (χ1) is 9.78. The fourth-order valence-electron chi connectivity index (χ4n) is 2.05. The maximum Gasteiger partial charge on any atom is 0.227 e. The predicted molar refractivity (Wildman–Crippen MR) is 79.2 cm³/mol. The molecule has 0 unspecified atom stereocenters. The summed E-state index contributed by atoms with van der Waals surface area (Å²) in [6.45, 7) is 0. The van der Waals surface area contributed by atoms with E-state index in [1.807, 2.05) is 30.3 Å². The first kappa shape index (κ1) is 12.3. The third kappa shape index (κ3) is 2.23. The largest absolute Gasteiger partial charge is 0.493 e. The van der Waals surface area contributed by atoms with Crippen LogP contribution in [0.25, 0.3) is 10.8 Å². The zero-order valence-corrected chi connectivity index (χ0v) is 11.0. The number of aromatic nitrogens is 1. The first-order valence-corrected chi connectivity index (χ1v) is 6.23. The lowest BCUT2D eigenvalue weighted by Crippen LogP contribution is -1.94. The van der Waals surface area contributed by atoms with Crippen LogP contribution in [-0.4, -0.2) is 12.1 Å². The third-order valence-corrected chi connectivity index (χ3v) is 3.03. The smallest absolute Gasteiger partial charge is 0.227 e. The molecule has 0 aliphatic carbocycles. The fraction of sp³-hybridized carbons (Fsp3) is 0.0625. The van der Waals surface area contributed by atoms with Gasteiger partial charge in [0.1, 0.15) is 0 Å². The van der Waals surface area contributed by atoms with E-state index >= 15 is 0 Å². The van der Waals surface area contributed by atoms with Crippen LogP contribution in [0.2, 0.25) is 0 Å². The van der Waals surface area contributed by atoms with Crippen LogP contribution < -0.4 is 15.2 Å². The Balaban J connectivity index is 2.05. The van der Waals surface area contributed by atoms with Gasteiger partial charge < -0.3 is 15.2 Å². The van der Waals surface area contributed by atoms with E-state index in [0.717, 1.165) is 10.8 Å². The molecule has 2 N–H and O–H groups in total. The molecule has 2 aromatic carbocycles. The molecule has 0 atom stereocenters. The molecular weight excluding hydrogens is 252 g/mol. The monoisotopic (exact) mass is 266 g/mol. The summed E-state index contributed by atoms with van der Waals surface area (Å²) in [5.41, 5.74) is 6.36. The Hall–Kier alpha value is -2.75. The highest BCUT2D eigenvalue weighted by atomic mass is 16.5. The van der Waals surface area contributed by atoms with Gasteiger partial charge in [-0.25, -0.2) is 4.98 Å². The van der Waals surface area contributed by atoms with E-state index in [9.17, 15) is 0 Å². The molecule has 1 aromatic heterocycles. The Kier molecular flexibility index (Phi) is 3.13. The van der Waals surface area contributed by atoms with Crippen molar-refractivity contribution in [2.75, 3.05) is 12.8 Å². The van der Waals surface area contributed by atoms with E-state index in [4.69, 9.17) is 15.2 Å². The number of nitrogen functional groups attached to an aromatic ring is 1. The van der Waals surface area contributed by atoms with Gasteiger partial charge in [-0.05, 0) is 29.7 Å². The summed E-state index contributed by atoms with van der Waals surface area (Å²) in [6.07, 6.45) is 1.72. The van der Waals surface area contributed by atoms with Crippen molar-refractivity contribution in [3.05, 3.63) is 54.7 Å². The Morgan fingerprint density at radius 1 is 1.00 bits per heavy atom. The molecule has 20 heavy (non-hydrogen) atoms. The van der Waals surface area contributed by atoms with Gasteiger partial charge in [-0.2, -0.15) is 0 Å². The summed E-state index contributed by atoms with van der Waals surface area (Å²) in [5.74, 6) is 1.72. The number of nitrogens with two attached hydrogens (primary N) is 1. The van der Waals surface area contributed by atoms with E-state index < -0.39 is 0 Å². The minimum atomic E-state index is 0.547. The maximum absolute atomic E-state index is 5.88. The SMILES string of the molecule is COc1cc(N)ccc1Oc1nccc2ccccc12. The molecule has 4 heteroatoms. The minimum Gasteiger partial charge on any atom is -0.493 e. The Morgan fingerprint density at radius 3 is 2.70 bits per heavy atom. The lowest BCUT2D eigenvalue weighted by molar-refractivity contribution is 0.376. The number of methoxy groups -OCH3 is 1. The zero-order valence-electron chi connectivity index (χ0n) is 11.0. The summed E-state index contributed by atoms with van der Waals surface area (Å²) in [5, 5.41) is 2.03. The zero-order chi connectivity index (χ0) is 13.9. The molecule has 0 radical (unpaired) electrons. The second kappa shape index (κ2) is 5.09. The number of fused-ring (bicyclic) bond motifs is 1. The number of hydrogen-bond acceptors (Lipinski definition) is 4. The predicted octanol–water partition coefficient (Wildman–Crippen LogP) is 3.62. The normalized spacial score (nSPS) is 10.4. The van der Waals surface area contributed by atoms with Crippen LogP contribution in [-0.2, 0) is 0 Å². The van der Waals surface area contributed by atoms with Crippen molar-refractivity contribution in [3.8, 4) is 17.4 Å². The second-order valence-corrected chi connectivity index (χ2v) is 4.35. The summed E-state index contributed by atoms with van der Waals surface area (Å²) in [7, 11) is 1.58. The second-order valence-electron chi connectivity index (χ2n) is 4.35. The van der Waals surface area contributed by atoms with E-state index in [1.165, 1.54) is 0 Å². The molecule has 0 saturated heterocycles. The van der Waals surface area contributed by atoms with Crippen molar-refractivity contribution >= 4 is 16.5 Å². The lowest BCUT2D eigenvalue weighted by Gasteiger charge is -2.11. The minimum absolute atomic E-state index is 0.547. The van der Waals surface area contributed by atoms with Gasteiger partial charge in [0, 0.05) is 23.3 Å². The summed E-state index contributed by atoms with van der Waals surface area (Å²) >= 11 is 0. The van der Waals surface area contributed by atoms with Crippen LogP contribution in [0.3, 0.4) is 0 Å². The van der Waals surface area contributed by atoms with Gasteiger partial charge in [0.25, 0.3) is 0 Å². The van der Waals surface area contributed by atoms with Gasteiger partial charge in [0.05, 0.1) is 7.11 Å². The number of nitrogens with zero attached hydrogens (tertiary/aromatic N) is 1. The van der Waals surface area contributed by atoms with Crippen molar-refractivity contribution in [1.29, 1.82) is 0 Å². The van der Waals surface area contributed by atoms with Crippen molar-refractivity contribution in [2.24, 2.45) is 0 Å². The lowest BCUT2D eigenvalue weighted by atomic mass is 10.2. The van der Waals surface area contributed by atoms with Gasteiger partial charge in [-0.1, -0.05) is 18.2 Å². The highest BCUT2D eigenvalue weighted by molar-refractivity contribution is 5.86. The molecule has 0 bridgehead atoms. The molecule has 100 valence electrons. The van der Waals surface area contributed by atoms with Crippen molar-refractivity contribution < 1.29 is 9.47 Å². The van der Waals surface area contributed by atoms with Crippen LogP contribution in [0.5, 0.6) is 17.4 Å². The average molecular weight is 266 g/mol. The number of hydrogen-bond donors (Lipinski definition) is 1. The van der Waals surface area contributed by atoms with Crippen LogP contribution in [0.15, 0.2) is 54.7 Å². The van der Waals surface area contributed by atoms with Crippen LogP contribution in [0.4, 0.5) is 5.69 Å². The van der Waals surface area contributed by atoms with E-state index in [-0.39, 0.29) is 0 Å². The molecule has 1 heterocycles. The van der Waals surface area contributed by atoms with Gasteiger partial charge in [-0.3, -0.25) is 0 Å². The summed E-state index contributed by atoms with van der Waals surface area (Å²) in [4.78, 5) is 4.29. The Bertz CT molecular complexity index is 751. The van der Waals surface area contributed by atoms with Crippen molar-refractivity contribution in [1.82, 2.24) is 4.98 Å². The van der Waals surface area contributed by atoms with Gasteiger partial charge in [0.2, 0.25) is 5.88 Å². The van der Waals surface area contributed by atoms with E-state index in [1.54, 1.807) is 31.5 Å². The maximum atomic E-state index is 5.88. The molecule has 0 amide bonds. The van der Waals surface area contributed by atoms with Gasteiger partial charge >= 0.3 is 0 Å². The average Bonchev–Trinajstić information content (AvgIpc) is 2.49. The van der Waals surface area contributed by atoms with Gasteiger partial charge in [-0.15, -0.1) is 0 Å². The number of rotatable bonds is 3. The Morgan fingerprint density at radius 2 is 1.85 bits per heavy atom. The summed E-state index contributed by atoms with van der Waals surface area (Å²) < 4.78 is 11.2. The fourth-order valence-corrected chi connectivity index (χ4v) is 2.05. The quantitative estimate of drug-likeness (QED) is 0.736. The highest BCUT2D eigenvalue weighted by Gasteiger charge is 2.09. The molecule has 3 aromatic rings. The molecule has 0 spiro atoms. The number of pyridine rings is 1. The molecule has 0 saturated carbocycles. The molecular formula is C16H14N2O2. The molecule has 0 aliphatic rings. The molecule has 0 fully saturated rings. The number of benzene rings is 2. The molecule has 4 nitrogen and oxygen atoms in total. The van der Waals surface area contributed by atoms with Gasteiger partial charge in [0.15, 0.2) is 11.5 Å².